The third-order valence-electron chi connectivity index (χ3n) is 16.3. The average Bonchev–Trinajstić information content (AvgIpc) is 3.41. The van der Waals surface area contributed by atoms with Gasteiger partial charge in [-0.05, 0) is 51.4 Å². The fourth-order valence-electron chi connectivity index (χ4n) is 11.1. The first-order chi connectivity index (χ1) is 37.0. The Kier molecular flexibility index (Phi) is 63.9. The summed E-state index contributed by atoms with van der Waals surface area (Å²) in [6, 6.07) is -0.541. The van der Waals surface area contributed by atoms with E-state index >= 15 is 0 Å². The average molecular weight is 1060 g/mol. The van der Waals surface area contributed by atoms with E-state index in [0.717, 1.165) is 44.9 Å². The number of carbonyl (C=O) groups is 2. The first-order valence-corrected chi connectivity index (χ1v) is 34.4. The third kappa shape index (κ3) is 61.7. The molecule has 0 heterocycles. The van der Waals surface area contributed by atoms with E-state index in [1.807, 2.05) is 0 Å². The van der Waals surface area contributed by atoms with Crippen LogP contribution in [0, 0.1) is 0 Å². The highest BCUT2D eigenvalue weighted by Gasteiger charge is 2.20. The molecule has 446 valence electrons. The molecule has 75 heavy (non-hydrogen) atoms. The van der Waals surface area contributed by atoms with E-state index < -0.39 is 12.1 Å². The number of esters is 1. The third-order valence-corrected chi connectivity index (χ3v) is 16.3. The van der Waals surface area contributed by atoms with Gasteiger partial charge in [0.15, 0.2) is 0 Å². The molecule has 6 heteroatoms. The fourth-order valence-corrected chi connectivity index (χ4v) is 11.1. The Hall–Kier alpha value is -1.40. The Labute approximate surface area is 469 Å². The van der Waals surface area contributed by atoms with Gasteiger partial charge in [-0.1, -0.05) is 341 Å². The topological polar surface area (TPSA) is 95.9 Å². The molecule has 0 aliphatic rings. The van der Waals surface area contributed by atoms with Crippen LogP contribution in [0.3, 0.4) is 0 Å². The molecule has 2 unspecified atom stereocenters. The van der Waals surface area contributed by atoms with Gasteiger partial charge < -0.3 is 20.3 Å². The molecule has 0 spiro atoms. The van der Waals surface area contributed by atoms with E-state index in [0.29, 0.717) is 25.9 Å². The van der Waals surface area contributed by atoms with Crippen molar-refractivity contribution in [1.82, 2.24) is 5.32 Å². The van der Waals surface area contributed by atoms with Gasteiger partial charge in [0, 0.05) is 12.8 Å². The van der Waals surface area contributed by atoms with E-state index in [9.17, 15) is 19.8 Å². The minimum Gasteiger partial charge on any atom is -0.466 e. The van der Waals surface area contributed by atoms with Gasteiger partial charge >= 0.3 is 5.97 Å². The van der Waals surface area contributed by atoms with Crippen molar-refractivity contribution in [3.05, 3.63) is 12.2 Å². The molecule has 0 aliphatic heterocycles. The zero-order chi connectivity index (χ0) is 54.3. The van der Waals surface area contributed by atoms with Crippen LogP contribution in [-0.4, -0.2) is 47.4 Å². The molecule has 0 saturated heterocycles. The lowest BCUT2D eigenvalue weighted by atomic mass is 10.0. The number of carbonyl (C=O) groups excluding carboxylic acids is 2. The van der Waals surface area contributed by atoms with Gasteiger partial charge in [0.25, 0.3) is 0 Å². The van der Waals surface area contributed by atoms with Gasteiger partial charge in [0.1, 0.15) is 0 Å². The molecule has 0 saturated carbocycles. The molecular weight excluding hydrogens is 923 g/mol. The second-order valence-corrected chi connectivity index (χ2v) is 23.9. The summed E-state index contributed by atoms with van der Waals surface area (Å²) in [4.78, 5) is 24.6. The van der Waals surface area contributed by atoms with Crippen LogP contribution in [0.25, 0.3) is 0 Å². The molecule has 2 atom stereocenters. The highest BCUT2D eigenvalue weighted by molar-refractivity contribution is 5.76. The van der Waals surface area contributed by atoms with Gasteiger partial charge in [-0.15, -0.1) is 0 Å². The number of aliphatic hydroxyl groups is 2. The zero-order valence-electron chi connectivity index (χ0n) is 51.1. The van der Waals surface area contributed by atoms with Crippen molar-refractivity contribution in [1.29, 1.82) is 0 Å². The van der Waals surface area contributed by atoms with E-state index in [1.54, 1.807) is 0 Å². The molecule has 6 nitrogen and oxygen atoms in total. The van der Waals surface area contributed by atoms with Crippen molar-refractivity contribution in [2.24, 2.45) is 0 Å². The van der Waals surface area contributed by atoms with Crippen molar-refractivity contribution in [3.63, 3.8) is 0 Å². The Morgan fingerprint density at radius 2 is 0.627 bits per heavy atom. The maximum atomic E-state index is 12.5. The Bertz CT molecular complexity index is 1130. The first-order valence-electron chi connectivity index (χ1n) is 34.4. The molecule has 0 aromatic heterocycles. The summed E-state index contributed by atoms with van der Waals surface area (Å²) in [5, 5.41) is 23.4. The summed E-state index contributed by atoms with van der Waals surface area (Å²) < 4.78 is 5.48. The van der Waals surface area contributed by atoms with Crippen LogP contribution in [0.5, 0.6) is 0 Å². The number of nitrogens with one attached hydrogen (secondary N) is 1. The molecule has 0 rings (SSSR count). The lowest BCUT2D eigenvalue weighted by Crippen LogP contribution is -2.45. The van der Waals surface area contributed by atoms with Crippen molar-refractivity contribution in [2.75, 3.05) is 13.2 Å². The van der Waals surface area contributed by atoms with E-state index in [1.165, 1.54) is 315 Å². The van der Waals surface area contributed by atoms with Gasteiger partial charge in [0.05, 0.1) is 25.4 Å². The largest absolute Gasteiger partial charge is 0.466 e. The van der Waals surface area contributed by atoms with Gasteiger partial charge in [-0.25, -0.2) is 0 Å². The zero-order valence-corrected chi connectivity index (χ0v) is 51.1. The van der Waals surface area contributed by atoms with E-state index in [2.05, 4.69) is 31.3 Å². The molecule has 3 N–H and O–H groups in total. The van der Waals surface area contributed by atoms with Gasteiger partial charge in [-0.3, -0.25) is 9.59 Å². The van der Waals surface area contributed by atoms with Gasteiger partial charge in [-0.2, -0.15) is 0 Å². The smallest absolute Gasteiger partial charge is 0.305 e. The highest BCUT2D eigenvalue weighted by Crippen LogP contribution is 2.19. The molecule has 0 fully saturated rings. The second-order valence-electron chi connectivity index (χ2n) is 23.9. The Balaban J connectivity index is 3.37. The Morgan fingerprint density at radius 1 is 0.360 bits per heavy atom. The number of ether oxygens (including phenoxy) is 1. The predicted octanol–water partition coefficient (Wildman–Crippen LogP) is 22.0. The molecule has 0 aromatic carbocycles. The summed E-state index contributed by atoms with van der Waals surface area (Å²) in [7, 11) is 0. The van der Waals surface area contributed by atoms with E-state index in [4.69, 9.17) is 4.74 Å². The number of allylic oxidation sites excluding steroid dienone is 2. The number of hydrogen-bond donors (Lipinski definition) is 3. The van der Waals surface area contributed by atoms with E-state index in [-0.39, 0.29) is 18.5 Å². The number of amides is 1. The monoisotopic (exact) mass is 1060 g/mol. The number of hydrogen-bond acceptors (Lipinski definition) is 5. The summed E-state index contributed by atoms with van der Waals surface area (Å²) in [6.45, 7) is 4.97. The van der Waals surface area contributed by atoms with Crippen LogP contribution >= 0.6 is 0 Å². The molecule has 0 bridgehead atoms. The van der Waals surface area contributed by atoms with Crippen LogP contribution in [0.15, 0.2) is 12.2 Å². The summed E-state index contributed by atoms with van der Waals surface area (Å²) >= 11 is 0. The predicted molar refractivity (Wildman–Crippen MR) is 329 cm³/mol. The molecule has 0 aliphatic carbocycles. The second kappa shape index (κ2) is 65.1. The van der Waals surface area contributed by atoms with Gasteiger partial charge in [0.2, 0.25) is 5.91 Å². The number of rotatable bonds is 65. The van der Waals surface area contributed by atoms with Crippen molar-refractivity contribution >= 4 is 11.9 Å². The lowest BCUT2D eigenvalue weighted by molar-refractivity contribution is -0.143. The fraction of sp³-hybridized carbons (Fsp3) is 0.942. The molecule has 0 aromatic rings. The first kappa shape index (κ1) is 73.6. The number of unbranched alkanes of at least 4 members (excludes halogenated alkanes) is 52. The minimum absolute atomic E-state index is 0.00722. The molecular formula is C69H135NO5. The van der Waals surface area contributed by atoms with Crippen LogP contribution in [-0.2, 0) is 14.3 Å². The summed E-state index contributed by atoms with van der Waals surface area (Å²) in [5.41, 5.74) is 0. The standard InChI is InChI=1S/C69H135NO5/c1-3-5-7-9-11-13-15-17-18-19-20-25-28-31-34-38-41-45-49-53-57-61-67(72)66(65-71)70-68(73)62-58-54-50-46-42-39-35-32-29-26-23-21-22-24-27-30-33-36-40-44-48-52-56-60-64-75-69(74)63-59-55-51-47-43-37-16-14-12-10-8-6-4-2/h14,16,66-67,71-72H,3-13,15,17-65H2,1-2H3,(H,70,73)/b16-14-. The van der Waals surface area contributed by atoms with Crippen LogP contribution in [0.2, 0.25) is 0 Å². The lowest BCUT2D eigenvalue weighted by Gasteiger charge is -2.22. The normalized spacial score (nSPS) is 12.5. The maximum absolute atomic E-state index is 12.5. The van der Waals surface area contributed by atoms with Crippen LogP contribution in [0.4, 0.5) is 0 Å². The summed E-state index contributed by atoms with van der Waals surface area (Å²) in [6.07, 6.45) is 79.6. The van der Waals surface area contributed by atoms with Crippen LogP contribution < -0.4 is 5.32 Å². The minimum atomic E-state index is -0.664. The highest BCUT2D eigenvalue weighted by atomic mass is 16.5. The molecule has 0 radical (unpaired) electrons. The molecule has 1 amide bonds. The number of aliphatic hydroxyl groups excluding tert-OH is 2. The quantitative estimate of drug-likeness (QED) is 0.0320. The Morgan fingerprint density at radius 3 is 0.960 bits per heavy atom. The summed E-state index contributed by atoms with van der Waals surface area (Å²) in [5.74, 6) is -0.0219. The SMILES string of the molecule is CCCCCC/C=C\CCCCCCCC(=O)OCCCCCCCCCCCCCCCCCCCCCCCCCCC(=O)NC(CO)C(O)CCCCCCCCCCCCCCCCCCCCCCC. The maximum Gasteiger partial charge on any atom is 0.305 e. The van der Waals surface area contributed by atoms with Crippen molar-refractivity contribution in [2.45, 2.75) is 405 Å². The van der Waals surface area contributed by atoms with Crippen molar-refractivity contribution < 1.29 is 24.5 Å². The van der Waals surface area contributed by atoms with Crippen molar-refractivity contribution in [3.8, 4) is 0 Å². The van der Waals surface area contributed by atoms with Crippen LogP contribution in [0.1, 0.15) is 393 Å².